The Hall–Kier alpha value is -6.60. The first-order valence-electron chi connectivity index (χ1n) is 29.1. The number of hydrogen-bond donors (Lipinski definition) is 16. The van der Waals surface area contributed by atoms with Gasteiger partial charge in [0.15, 0.2) is 0 Å². The number of carbonyl (C=O) groups is 12. The molecule has 2 heterocycles. The summed E-state index contributed by atoms with van der Waals surface area (Å²) >= 11 is 0. The molecule has 2 aliphatic heterocycles. The summed E-state index contributed by atoms with van der Waals surface area (Å²) in [5, 5.41) is 61.1. The van der Waals surface area contributed by atoms with E-state index in [1.54, 1.807) is 27.7 Å². The van der Waals surface area contributed by atoms with Crippen LogP contribution in [0.1, 0.15) is 139 Å². The first-order valence-corrected chi connectivity index (χ1v) is 29.1. The molecule has 0 unspecified atom stereocenters. The molecule has 0 saturated carbocycles. The lowest BCUT2D eigenvalue weighted by Gasteiger charge is -2.32. The van der Waals surface area contributed by atoms with E-state index in [1.165, 1.54) is 25.7 Å². The number of nitrogens with zero attached hydrogens (tertiary/aromatic N) is 2. The maximum Gasteiger partial charge on any atom is 0.326 e. The number of unbranched alkanes of at least 4 members (excludes halogenated alkanes) is 2. The number of carboxylic acids is 1. The molecule has 0 bridgehead atoms. The van der Waals surface area contributed by atoms with Gasteiger partial charge in [-0.1, -0.05) is 48.0 Å². The second-order valence-electron chi connectivity index (χ2n) is 22.9. The van der Waals surface area contributed by atoms with Gasteiger partial charge in [0.05, 0.1) is 24.9 Å². The third-order valence-corrected chi connectivity index (χ3v) is 14.6. The van der Waals surface area contributed by atoms with Crippen LogP contribution >= 0.6 is 0 Å². The van der Waals surface area contributed by atoms with Crippen LogP contribution in [0.4, 0.5) is 0 Å². The fourth-order valence-corrected chi connectivity index (χ4v) is 9.73. The van der Waals surface area contributed by atoms with Gasteiger partial charge in [-0.3, -0.25) is 52.7 Å². The van der Waals surface area contributed by atoms with Crippen LogP contribution in [-0.4, -0.2) is 213 Å². The van der Waals surface area contributed by atoms with Gasteiger partial charge >= 0.3 is 5.97 Å². The predicted octanol–water partition coefficient (Wildman–Crippen LogP) is -5.11. The zero-order valence-corrected chi connectivity index (χ0v) is 49.9. The molecule has 30 nitrogen and oxygen atoms in total. The van der Waals surface area contributed by atoms with E-state index in [2.05, 4.69) is 42.5 Å². The Morgan fingerprint density at radius 2 is 0.929 bits per heavy atom. The topological polar surface area (TPSA) is 493 Å². The van der Waals surface area contributed by atoms with Gasteiger partial charge in [0.2, 0.25) is 65.0 Å². The van der Waals surface area contributed by atoms with E-state index in [0.717, 1.165) is 11.8 Å². The van der Waals surface area contributed by atoms with Gasteiger partial charge in [-0.05, 0) is 115 Å². The summed E-state index contributed by atoms with van der Waals surface area (Å²) in [5.41, 5.74) is 22.8. The summed E-state index contributed by atoms with van der Waals surface area (Å²) in [5.74, 6) is -12.2. The summed E-state index contributed by atoms with van der Waals surface area (Å²) in [7, 11) is 0. The lowest BCUT2D eigenvalue weighted by Crippen LogP contribution is -2.63. The third-order valence-electron chi connectivity index (χ3n) is 14.6. The molecule has 2 saturated heterocycles. The number of carboxylic acid groups (broad SMARTS) is 1. The minimum absolute atomic E-state index is 0.0485. The number of hydrogen-bond acceptors (Lipinski definition) is 18. The van der Waals surface area contributed by atoms with Gasteiger partial charge in [-0.25, -0.2) is 4.79 Å². The molecule has 11 amide bonds. The zero-order chi connectivity index (χ0) is 63.7. The summed E-state index contributed by atoms with van der Waals surface area (Å²) < 4.78 is 0. The number of likely N-dealkylation sites (tertiary alicyclic amines) is 2. The standard InChI is InChI=1S/C54H96N14O16/c1-27(2)25-35(54(83)84)61-51(80)42(30(7)70)65-49(78)38-18-14-24-68(38)53(82)43(31(8)71)66-47(76)36(26-69)62-50(79)40(28(3)4)63-46(75)34(19-20-39(58)72)60-48(77)37-17-13-23-67(37)52(81)41(29(5)6)64-45(74)33(16-10-12-22-56)59-44(73)32(57)15-9-11-21-55/h27-38,40-43,69-71H,9-26,55-57H2,1-8H3,(H2,58,72)(H,59,73)(H,60,77)(H,61,80)(H,62,79)(H,63,75)(H,64,74)(H,65,78)(H,66,76)(H,83,84)/t30-,31-,32+,33+,34+,35+,36+,37+,38+,40+,41+,42+,43+/m1/s1. The molecular weight excluding hydrogens is 1100 g/mol. The largest absolute Gasteiger partial charge is 0.480 e. The Morgan fingerprint density at radius 1 is 0.500 bits per heavy atom. The molecule has 84 heavy (non-hydrogen) atoms. The molecule has 30 heteroatoms. The van der Waals surface area contributed by atoms with Crippen molar-refractivity contribution in [2.75, 3.05) is 32.8 Å². The number of aliphatic hydroxyl groups excluding tert-OH is 3. The van der Waals surface area contributed by atoms with Crippen molar-refractivity contribution in [3.8, 4) is 0 Å². The predicted molar refractivity (Wildman–Crippen MR) is 304 cm³/mol. The van der Waals surface area contributed by atoms with Gasteiger partial charge in [0.1, 0.15) is 60.4 Å². The highest BCUT2D eigenvalue weighted by Gasteiger charge is 2.44. The van der Waals surface area contributed by atoms with Crippen molar-refractivity contribution in [1.29, 1.82) is 0 Å². The highest BCUT2D eigenvalue weighted by atomic mass is 16.4. The lowest BCUT2D eigenvalue weighted by atomic mass is 10.00. The van der Waals surface area contributed by atoms with Gasteiger partial charge in [-0.15, -0.1) is 0 Å². The minimum atomic E-state index is -1.82. The van der Waals surface area contributed by atoms with Crippen LogP contribution in [0, 0.1) is 17.8 Å². The average Bonchev–Trinajstić information content (AvgIpc) is 4.35. The molecule has 0 aromatic carbocycles. The lowest BCUT2D eigenvalue weighted by molar-refractivity contribution is -0.146. The molecule has 478 valence electrons. The second kappa shape index (κ2) is 36.3. The molecule has 0 aromatic rings. The van der Waals surface area contributed by atoms with E-state index in [4.69, 9.17) is 22.9 Å². The normalized spacial score (nSPS) is 19.1. The molecule has 20 N–H and O–H groups in total. The highest BCUT2D eigenvalue weighted by molar-refractivity contribution is 5.99. The average molecular weight is 1200 g/mol. The van der Waals surface area contributed by atoms with Crippen LogP contribution in [0.2, 0.25) is 0 Å². The molecule has 2 rings (SSSR count). The van der Waals surface area contributed by atoms with Crippen LogP contribution in [-0.2, 0) is 57.5 Å². The quantitative estimate of drug-likeness (QED) is 0.0259. The van der Waals surface area contributed by atoms with Crippen molar-refractivity contribution in [3.05, 3.63) is 0 Å². The van der Waals surface area contributed by atoms with E-state index in [0.29, 0.717) is 51.6 Å². The molecule has 2 aliphatic rings. The second-order valence-corrected chi connectivity index (χ2v) is 22.9. The van der Waals surface area contributed by atoms with Crippen LogP contribution in [0.15, 0.2) is 0 Å². The van der Waals surface area contributed by atoms with E-state index < -0.39 is 174 Å². The summed E-state index contributed by atoms with van der Waals surface area (Å²) in [6.45, 7) is 12.0. The van der Waals surface area contributed by atoms with Crippen LogP contribution in [0.5, 0.6) is 0 Å². The Morgan fingerprint density at radius 3 is 1.39 bits per heavy atom. The van der Waals surface area contributed by atoms with Crippen molar-refractivity contribution < 1.29 is 78.0 Å². The van der Waals surface area contributed by atoms with Gasteiger partial charge in [-0.2, -0.15) is 0 Å². The zero-order valence-electron chi connectivity index (χ0n) is 49.9. The van der Waals surface area contributed by atoms with E-state index in [1.807, 2.05) is 0 Å². The highest BCUT2D eigenvalue weighted by Crippen LogP contribution is 2.23. The first-order chi connectivity index (χ1) is 39.4. The fourth-order valence-electron chi connectivity index (χ4n) is 9.73. The molecule has 13 atom stereocenters. The fraction of sp³-hybridized carbons (Fsp3) is 0.778. The van der Waals surface area contributed by atoms with E-state index in [9.17, 15) is 78.0 Å². The molecule has 0 aromatic heterocycles. The van der Waals surface area contributed by atoms with Gasteiger partial charge < -0.3 is 95.7 Å². The number of primary amides is 1. The number of carbonyl (C=O) groups excluding carboxylic acids is 11. The molecule has 0 radical (unpaired) electrons. The molecule has 0 aliphatic carbocycles. The van der Waals surface area contributed by atoms with Crippen molar-refractivity contribution in [1.82, 2.24) is 52.3 Å². The van der Waals surface area contributed by atoms with Crippen molar-refractivity contribution in [2.45, 2.75) is 218 Å². The SMILES string of the molecule is CC(C)C[C@H](NC(=O)[C@@H](NC(=O)[C@@H]1CCCN1C(=O)[C@@H](NC(=O)[C@H](CO)NC(=O)[C@@H](NC(=O)[C@H](CCC(N)=O)NC(=O)[C@@H]1CCCN1C(=O)[C@@H](NC(=O)[C@H](CCCCN)NC(=O)[C@@H](N)CCCCN)C(C)C)C(C)C)[C@@H](C)O)[C@@H](C)O)C(=O)O. The Labute approximate surface area is 490 Å². The number of aliphatic hydroxyl groups is 3. The van der Waals surface area contributed by atoms with Crippen LogP contribution in [0.3, 0.4) is 0 Å². The van der Waals surface area contributed by atoms with Crippen molar-refractivity contribution >= 4 is 70.9 Å². The minimum Gasteiger partial charge on any atom is -0.480 e. The number of nitrogens with one attached hydrogen (secondary N) is 8. The molecular formula is C54H96N14O16. The molecule has 0 spiro atoms. The van der Waals surface area contributed by atoms with Gasteiger partial charge in [0, 0.05) is 19.5 Å². The summed E-state index contributed by atoms with van der Waals surface area (Å²) in [4.78, 5) is 164. The third kappa shape index (κ3) is 23.1. The van der Waals surface area contributed by atoms with E-state index in [-0.39, 0.29) is 57.5 Å². The number of rotatable bonds is 37. The maximum atomic E-state index is 14.3. The van der Waals surface area contributed by atoms with Crippen LogP contribution < -0.4 is 65.5 Å². The Balaban J connectivity index is 2.28. The Kier molecular flexibility index (Phi) is 31.8. The number of nitrogens with two attached hydrogens (primary N) is 4. The van der Waals surface area contributed by atoms with E-state index >= 15 is 0 Å². The summed E-state index contributed by atoms with van der Waals surface area (Å²) in [6.07, 6.45) is -0.277. The monoisotopic (exact) mass is 1200 g/mol. The first kappa shape index (κ1) is 73.5. The van der Waals surface area contributed by atoms with Crippen molar-refractivity contribution in [2.24, 2.45) is 40.7 Å². The van der Waals surface area contributed by atoms with Gasteiger partial charge in [0.25, 0.3) is 0 Å². The Bertz CT molecular complexity index is 2250. The smallest absolute Gasteiger partial charge is 0.326 e. The number of amides is 11. The maximum absolute atomic E-state index is 14.3. The van der Waals surface area contributed by atoms with Crippen molar-refractivity contribution in [3.63, 3.8) is 0 Å². The number of aliphatic carboxylic acids is 1. The molecule has 2 fully saturated rings. The van der Waals surface area contributed by atoms with Crippen LogP contribution in [0.25, 0.3) is 0 Å². The summed E-state index contributed by atoms with van der Waals surface area (Å²) in [6, 6.07) is -15.2.